The van der Waals surface area contributed by atoms with Gasteiger partial charge in [0.2, 0.25) is 0 Å². The molecule has 0 radical (unpaired) electrons. The number of carboxylic acids is 1. The van der Waals surface area contributed by atoms with Crippen LogP contribution in [0.1, 0.15) is 35.8 Å². The van der Waals surface area contributed by atoms with Gasteiger partial charge < -0.3 is 14.9 Å². The van der Waals surface area contributed by atoms with E-state index in [4.69, 9.17) is 9.84 Å². The smallest absolute Gasteiger partial charge is 0.310 e. The molecule has 3 rings (SSSR count). The molecular formula is C22H24O5. The van der Waals surface area contributed by atoms with Gasteiger partial charge in [-0.15, -0.1) is 0 Å². The lowest BCUT2D eigenvalue weighted by molar-refractivity contribution is -0.164. The predicted molar refractivity (Wildman–Crippen MR) is 100 cm³/mol. The lowest BCUT2D eigenvalue weighted by atomic mass is 9.52. The molecular weight excluding hydrogens is 344 g/mol. The van der Waals surface area contributed by atoms with Crippen LogP contribution in [-0.4, -0.2) is 35.4 Å². The number of aliphatic carboxylic acids is 1. The Balaban J connectivity index is 1.90. The van der Waals surface area contributed by atoms with Gasteiger partial charge in [0.15, 0.2) is 0 Å². The highest BCUT2D eigenvalue weighted by molar-refractivity contribution is 5.84. The van der Waals surface area contributed by atoms with Crippen LogP contribution in [-0.2, 0) is 14.3 Å². The largest absolute Gasteiger partial charge is 0.481 e. The summed E-state index contributed by atoms with van der Waals surface area (Å²) in [5.41, 5.74) is 1.68. The summed E-state index contributed by atoms with van der Waals surface area (Å²) in [6.45, 7) is 0.290. The van der Waals surface area contributed by atoms with Crippen molar-refractivity contribution in [3.05, 3.63) is 71.8 Å². The van der Waals surface area contributed by atoms with Crippen LogP contribution < -0.4 is 0 Å². The Morgan fingerprint density at radius 1 is 0.815 bits per heavy atom. The van der Waals surface area contributed by atoms with E-state index in [1.54, 1.807) is 0 Å². The fraction of sp³-hybridized carbons (Fsp3) is 0.364. The Labute approximate surface area is 158 Å². The summed E-state index contributed by atoms with van der Waals surface area (Å²) in [5, 5.41) is 18.7. The Morgan fingerprint density at radius 3 is 1.78 bits per heavy atom. The Hall–Kier alpha value is -2.66. The van der Waals surface area contributed by atoms with Crippen LogP contribution in [0.2, 0.25) is 0 Å². The van der Waals surface area contributed by atoms with Gasteiger partial charge in [0, 0.05) is 18.4 Å². The van der Waals surface area contributed by atoms with E-state index in [1.807, 2.05) is 60.7 Å². The maximum atomic E-state index is 12.8. The molecule has 0 amide bonds. The van der Waals surface area contributed by atoms with Crippen LogP contribution in [0, 0.1) is 11.8 Å². The molecule has 2 aromatic carbocycles. The summed E-state index contributed by atoms with van der Waals surface area (Å²) in [7, 11) is 0. The van der Waals surface area contributed by atoms with E-state index in [9.17, 15) is 14.7 Å². The molecule has 1 aliphatic carbocycles. The van der Waals surface area contributed by atoms with Crippen LogP contribution >= 0.6 is 0 Å². The zero-order valence-corrected chi connectivity index (χ0v) is 15.0. The van der Waals surface area contributed by atoms with Gasteiger partial charge in [-0.2, -0.15) is 0 Å². The van der Waals surface area contributed by atoms with Gasteiger partial charge in [-0.05, 0) is 24.0 Å². The first-order chi connectivity index (χ1) is 13.1. The minimum Gasteiger partial charge on any atom is -0.481 e. The molecule has 0 spiro atoms. The number of unbranched alkanes of at least 4 members (excludes halogenated alkanes) is 1. The number of carbonyl (C=O) groups excluding carboxylic acids is 1. The molecule has 2 aromatic rings. The van der Waals surface area contributed by atoms with Gasteiger partial charge in [-0.1, -0.05) is 60.7 Å². The molecule has 2 N–H and O–H groups in total. The average molecular weight is 368 g/mol. The van der Waals surface area contributed by atoms with Gasteiger partial charge in [0.1, 0.15) is 0 Å². The first-order valence-electron chi connectivity index (χ1n) is 9.25. The van der Waals surface area contributed by atoms with Crippen molar-refractivity contribution in [3.63, 3.8) is 0 Å². The molecule has 0 aromatic heterocycles. The number of hydrogen-bond donors (Lipinski definition) is 2. The number of rotatable bonds is 8. The van der Waals surface area contributed by atoms with Crippen LogP contribution in [0.25, 0.3) is 0 Å². The minimum absolute atomic E-state index is 0.0569. The van der Waals surface area contributed by atoms with Crippen LogP contribution in [0.3, 0.4) is 0 Å². The van der Waals surface area contributed by atoms with E-state index in [-0.39, 0.29) is 19.2 Å². The number of aliphatic hydroxyl groups is 1. The molecule has 27 heavy (non-hydrogen) atoms. The van der Waals surface area contributed by atoms with Crippen molar-refractivity contribution in [3.8, 4) is 0 Å². The highest BCUT2D eigenvalue weighted by Crippen LogP contribution is 2.58. The minimum atomic E-state index is -0.901. The maximum Gasteiger partial charge on any atom is 0.310 e. The normalized spacial score (nSPS) is 24.0. The van der Waals surface area contributed by atoms with E-state index < -0.39 is 29.6 Å². The summed E-state index contributed by atoms with van der Waals surface area (Å²) in [5.74, 6) is -3.32. The standard InChI is InChI=1S/C22H24O5/c23-13-7-8-14-27-22(26)20-17(15-9-3-1-4-10-15)19(21(24)25)18(20)16-11-5-2-6-12-16/h1-6,9-12,17-20,23H,7-8,13-14H2,(H,24,25)/t17-,18-,19?,20?/m1/s1. The molecule has 0 saturated heterocycles. The number of carbonyl (C=O) groups is 2. The predicted octanol–water partition coefficient (Wildman–Crippen LogP) is 3.20. The van der Waals surface area contributed by atoms with Crippen molar-refractivity contribution in [1.29, 1.82) is 0 Å². The van der Waals surface area contributed by atoms with Crippen molar-refractivity contribution in [2.45, 2.75) is 24.7 Å². The van der Waals surface area contributed by atoms with Crippen molar-refractivity contribution < 1.29 is 24.5 Å². The molecule has 0 heterocycles. The molecule has 1 fully saturated rings. The Bertz CT molecular complexity index is 711. The molecule has 1 aliphatic rings. The fourth-order valence-electron chi connectivity index (χ4n) is 4.01. The van der Waals surface area contributed by atoms with E-state index in [0.717, 1.165) is 11.1 Å². The Morgan fingerprint density at radius 2 is 1.33 bits per heavy atom. The SMILES string of the molecule is O=C(O)C1[C@@H](c2ccccc2)C(C(=O)OCCCCO)[C@@H]1c1ccccc1. The molecule has 1 saturated carbocycles. The maximum absolute atomic E-state index is 12.8. The monoisotopic (exact) mass is 368 g/mol. The number of carboxylic acid groups (broad SMARTS) is 1. The first-order valence-corrected chi connectivity index (χ1v) is 9.25. The quantitative estimate of drug-likeness (QED) is 0.552. The van der Waals surface area contributed by atoms with Crippen molar-refractivity contribution in [1.82, 2.24) is 0 Å². The van der Waals surface area contributed by atoms with Crippen molar-refractivity contribution in [2.75, 3.05) is 13.2 Å². The molecule has 2 atom stereocenters. The number of aliphatic hydroxyl groups excluding tert-OH is 1. The van der Waals surface area contributed by atoms with E-state index in [0.29, 0.717) is 12.8 Å². The summed E-state index contributed by atoms with van der Waals surface area (Å²) in [6, 6.07) is 18.6. The van der Waals surface area contributed by atoms with Gasteiger partial charge in [0.05, 0.1) is 18.4 Å². The lowest BCUT2D eigenvalue weighted by Gasteiger charge is -2.49. The van der Waals surface area contributed by atoms with Gasteiger partial charge in [0.25, 0.3) is 0 Å². The molecule has 142 valence electrons. The molecule has 0 unspecified atom stereocenters. The second-order valence-corrected chi connectivity index (χ2v) is 6.86. The van der Waals surface area contributed by atoms with E-state index in [1.165, 1.54) is 0 Å². The van der Waals surface area contributed by atoms with Crippen LogP contribution in [0.15, 0.2) is 60.7 Å². The highest BCUT2D eigenvalue weighted by atomic mass is 16.5. The third-order valence-electron chi connectivity index (χ3n) is 5.27. The number of esters is 1. The summed E-state index contributed by atoms with van der Waals surface area (Å²) < 4.78 is 5.44. The van der Waals surface area contributed by atoms with Gasteiger partial charge in [-0.25, -0.2) is 0 Å². The van der Waals surface area contributed by atoms with Crippen molar-refractivity contribution in [2.24, 2.45) is 11.8 Å². The number of hydrogen-bond acceptors (Lipinski definition) is 4. The van der Waals surface area contributed by atoms with Crippen LogP contribution in [0.4, 0.5) is 0 Å². The van der Waals surface area contributed by atoms with Crippen LogP contribution in [0.5, 0.6) is 0 Å². The second kappa shape index (κ2) is 8.82. The van der Waals surface area contributed by atoms with Gasteiger partial charge in [-0.3, -0.25) is 9.59 Å². The first kappa shape index (κ1) is 19.1. The molecule has 5 heteroatoms. The number of ether oxygens (including phenoxy) is 1. The zero-order valence-electron chi connectivity index (χ0n) is 15.0. The average Bonchev–Trinajstić information content (AvgIpc) is 2.66. The summed E-state index contributed by atoms with van der Waals surface area (Å²) in [6.07, 6.45) is 1.16. The van der Waals surface area contributed by atoms with E-state index in [2.05, 4.69) is 0 Å². The third-order valence-corrected chi connectivity index (χ3v) is 5.27. The summed E-state index contributed by atoms with van der Waals surface area (Å²) in [4.78, 5) is 24.9. The second-order valence-electron chi connectivity index (χ2n) is 6.86. The molecule has 0 bridgehead atoms. The van der Waals surface area contributed by atoms with Gasteiger partial charge >= 0.3 is 11.9 Å². The summed E-state index contributed by atoms with van der Waals surface area (Å²) >= 11 is 0. The molecule has 5 nitrogen and oxygen atoms in total. The third kappa shape index (κ3) is 4.03. The van der Waals surface area contributed by atoms with E-state index >= 15 is 0 Å². The number of benzene rings is 2. The van der Waals surface area contributed by atoms with Crippen molar-refractivity contribution >= 4 is 11.9 Å². The highest BCUT2D eigenvalue weighted by Gasteiger charge is 2.59. The topological polar surface area (TPSA) is 83.8 Å². The fourth-order valence-corrected chi connectivity index (χ4v) is 4.01. The zero-order chi connectivity index (χ0) is 19.2. The molecule has 0 aliphatic heterocycles. The lowest BCUT2D eigenvalue weighted by Crippen LogP contribution is -2.51. The Kier molecular flexibility index (Phi) is 6.24.